The van der Waals surface area contributed by atoms with Gasteiger partial charge in [0, 0.05) is 17.5 Å². The fourth-order valence-electron chi connectivity index (χ4n) is 4.10. The molecule has 5 rings (SSSR count). The summed E-state index contributed by atoms with van der Waals surface area (Å²) in [7, 11) is 2.96. The van der Waals surface area contributed by atoms with Crippen LogP contribution in [0.2, 0.25) is 0 Å². The van der Waals surface area contributed by atoms with E-state index >= 15 is 0 Å². The predicted octanol–water partition coefficient (Wildman–Crippen LogP) is 2.97. The van der Waals surface area contributed by atoms with Gasteiger partial charge in [-0.2, -0.15) is 0 Å². The van der Waals surface area contributed by atoms with Gasteiger partial charge in [0.1, 0.15) is 29.4 Å². The third-order valence-corrected chi connectivity index (χ3v) is 5.41. The van der Waals surface area contributed by atoms with Crippen molar-refractivity contribution in [2.24, 2.45) is 0 Å². The molecule has 3 aliphatic rings. The van der Waals surface area contributed by atoms with Gasteiger partial charge in [-0.1, -0.05) is 0 Å². The topological polar surface area (TPSA) is 89.5 Å². The molecule has 3 heterocycles. The second kappa shape index (κ2) is 6.69. The SMILES string of the molecule is COc1cc(C2C3=C(COC3=O)Oc3cc4c(cc32)OCO4)cc(OC)c1C(C)=O. The third kappa shape index (κ3) is 2.60. The molecule has 0 radical (unpaired) electrons. The van der Waals surface area contributed by atoms with Crippen LogP contribution in [0.25, 0.3) is 0 Å². The number of Topliss-reactive ketones (excluding diaryl/α,β-unsaturated/α-hetero) is 1. The van der Waals surface area contributed by atoms with Gasteiger partial charge in [-0.25, -0.2) is 4.79 Å². The highest BCUT2D eigenvalue weighted by molar-refractivity contribution is 6.00. The van der Waals surface area contributed by atoms with Crippen molar-refractivity contribution in [3.05, 3.63) is 52.3 Å². The van der Waals surface area contributed by atoms with Crippen LogP contribution in [-0.4, -0.2) is 39.4 Å². The molecule has 2 aromatic rings. The second-order valence-electron chi connectivity index (χ2n) is 7.05. The molecule has 0 spiro atoms. The first-order valence-electron chi connectivity index (χ1n) is 9.30. The summed E-state index contributed by atoms with van der Waals surface area (Å²) in [6.45, 7) is 1.62. The quantitative estimate of drug-likeness (QED) is 0.561. The van der Waals surface area contributed by atoms with E-state index in [1.807, 2.05) is 0 Å². The predicted molar refractivity (Wildman–Crippen MR) is 103 cm³/mol. The number of carbonyl (C=O) groups is 2. The minimum atomic E-state index is -0.517. The molecule has 2 aromatic carbocycles. The van der Waals surface area contributed by atoms with Crippen LogP contribution in [0.15, 0.2) is 35.6 Å². The molecule has 1 unspecified atom stereocenters. The molecule has 3 aliphatic heterocycles. The molecule has 8 nitrogen and oxygen atoms in total. The zero-order valence-electron chi connectivity index (χ0n) is 16.6. The number of rotatable bonds is 4. The number of ketones is 1. The molecule has 154 valence electrons. The highest BCUT2D eigenvalue weighted by Crippen LogP contribution is 2.51. The zero-order valence-corrected chi connectivity index (χ0v) is 16.6. The molecule has 0 saturated carbocycles. The van der Waals surface area contributed by atoms with E-state index in [1.165, 1.54) is 21.1 Å². The van der Waals surface area contributed by atoms with Gasteiger partial charge in [0.15, 0.2) is 23.0 Å². The first-order chi connectivity index (χ1) is 14.5. The minimum Gasteiger partial charge on any atom is -0.496 e. The molecule has 30 heavy (non-hydrogen) atoms. The Balaban J connectivity index is 1.75. The molecule has 0 N–H and O–H groups in total. The van der Waals surface area contributed by atoms with Crippen molar-refractivity contribution >= 4 is 11.8 Å². The van der Waals surface area contributed by atoms with Gasteiger partial charge in [-0.15, -0.1) is 0 Å². The Hall–Kier alpha value is -3.68. The average Bonchev–Trinajstić information content (AvgIpc) is 3.35. The average molecular weight is 410 g/mol. The number of esters is 1. The van der Waals surface area contributed by atoms with Crippen molar-refractivity contribution in [3.63, 3.8) is 0 Å². The number of hydrogen-bond donors (Lipinski definition) is 0. The molecular weight excluding hydrogens is 392 g/mol. The molecule has 0 aliphatic carbocycles. The molecule has 0 saturated heterocycles. The Bertz CT molecular complexity index is 1110. The summed E-state index contributed by atoms with van der Waals surface area (Å²) in [5, 5.41) is 0. The number of methoxy groups -OCH3 is 2. The van der Waals surface area contributed by atoms with Crippen molar-refractivity contribution in [1.29, 1.82) is 0 Å². The van der Waals surface area contributed by atoms with E-state index < -0.39 is 11.9 Å². The number of hydrogen-bond acceptors (Lipinski definition) is 8. The molecule has 0 aromatic heterocycles. The Kier molecular flexibility index (Phi) is 4.09. The van der Waals surface area contributed by atoms with Crippen LogP contribution in [0.4, 0.5) is 0 Å². The van der Waals surface area contributed by atoms with Crippen molar-refractivity contribution in [2.45, 2.75) is 12.8 Å². The molecule has 0 fully saturated rings. The smallest absolute Gasteiger partial charge is 0.339 e. The Morgan fingerprint density at radius 2 is 1.63 bits per heavy atom. The summed E-state index contributed by atoms with van der Waals surface area (Å²) in [5.74, 6) is 1.70. The van der Waals surface area contributed by atoms with Crippen LogP contribution in [0.3, 0.4) is 0 Å². The van der Waals surface area contributed by atoms with E-state index in [1.54, 1.807) is 24.3 Å². The number of benzene rings is 2. The van der Waals surface area contributed by atoms with Gasteiger partial charge >= 0.3 is 5.97 Å². The Morgan fingerprint density at radius 3 is 2.27 bits per heavy atom. The fraction of sp³-hybridized carbons (Fsp3) is 0.273. The van der Waals surface area contributed by atoms with E-state index in [0.29, 0.717) is 51.2 Å². The van der Waals surface area contributed by atoms with E-state index in [0.717, 1.165) is 5.56 Å². The monoisotopic (exact) mass is 410 g/mol. The molecule has 0 bridgehead atoms. The summed E-state index contributed by atoms with van der Waals surface area (Å²) in [4.78, 5) is 24.7. The number of carbonyl (C=O) groups excluding carboxylic acids is 2. The zero-order chi connectivity index (χ0) is 21.0. The molecule has 1 atom stereocenters. The highest BCUT2D eigenvalue weighted by atomic mass is 16.7. The lowest BCUT2D eigenvalue weighted by atomic mass is 9.81. The van der Waals surface area contributed by atoms with Gasteiger partial charge in [0.2, 0.25) is 6.79 Å². The highest BCUT2D eigenvalue weighted by Gasteiger charge is 2.42. The maximum Gasteiger partial charge on any atom is 0.339 e. The van der Waals surface area contributed by atoms with Crippen LogP contribution < -0.4 is 23.7 Å². The molecule has 0 amide bonds. The standard InChI is InChI=1S/C22H18O8/c1-10(23)19-16(25-2)4-11(5-17(19)26-3)20-12-6-14-15(29-9-28-14)7-13(12)30-18-8-27-22(24)21(18)20/h4-7,20H,8-9H2,1-3H3. The summed E-state index contributed by atoms with van der Waals surface area (Å²) < 4.78 is 33.1. The van der Waals surface area contributed by atoms with Crippen molar-refractivity contribution < 1.29 is 38.0 Å². The van der Waals surface area contributed by atoms with Gasteiger partial charge in [0.25, 0.3) is 0 Å². The van der Waals surface area contributed by atoms with Crippen molar-refractivity contribution in [2.75, 3.05) is 27.6 Å². The second-order valence-corrected chi connectivity index (χ2v) is 7.05. The summed E-state index contributed by atoms with van der Waals surface area (Å²) in [6.07, 6.45) is 0. The van der Waals surface area contributed by atoms with Gasteiger partial charge < -0.3 is 28.4 Å². The van der Waals surface area contributed by atoms with E-state index in [-0.39, 0.29) is 19.2 Å². The summed E-state index contributed by atoms with van der Waals surface area (Å²) in [5.41, 5.74) is 2.16. The maximum absolute atomic E-state index is 12.6. The van der Waals surface area contributed by atoms with Crippen LogP contribution >= 0.6 is 0 Å². The fourth-order valence-corrected chi connectivity index (χ4v) is 4.10. The van der Waals surface area contributed by atoms with Gasteiger partial charge in [-0.3, -0.25) is 4.79 Å². The Morgan fingerprint density at radius 1 is 0.967 bits per heavy atom. The number of cyclic esters (lactones) is 1. The van der Waals surface area contributed by atoms with E-state index in [4.69, 9.17) is 28.4 Å². The largest absolute Gasteiger partial charge is 0.496 e. The normalized spacial score (nSPS) is 18.4. The minimum absolute atomic E-state index is 0.0539. The first-order valence-corrected chi connectivity index (χ1v) is 9.30. The number of ether oxygens (including phenoxy) is 6. The lowest BCUT2D eigenvalue weighted by Gasteiger charge is -2.27. The van der Waals surface area contributed by atoms with Crippen molar-refractivity contribution in [3.8, 4) is 28.7 Å². The lowest BCUT2D eigenvalue weighted by molar-refractivity contribution is -0.136. The van der Waals surface area contributed by atoms with Crippen LogP contribution in [0, 0.1) is 0 Å². The van der Waals surface area contributed by atoms with Crippen molar-refractivity contribution in [1.82, 2.24) is 0 Å². The van der Waals surface area contributed by atoms with Gasteiger partial charge in [0.05, 0.1) is 19.8 Å². The molecule has 8 heteroatoms. The first kappa shape index (κ1) is 18.4. The van der Waals surface area contributed by atoms with Gasteiger partial charge in [-0.05, 0) is 30.7 Å². The third-order valence-electron chi connectivity index (χ3n) is 5.41. The maximum atomic E-state index is 12.6. The number of fused-ring (bicyclic) bond motifs is 2. The van der Waals surface area contributed by atoms with E-state index in [2.05, 4.69) is 0 Å². The van der Waals surface area contributed by atoms with E-state index in [9.17, 15) is 9.59 Å². The molecular formula is C22H18O8. The lowest BCUT2D eigenvalue weighted by Crippen LogP contribution is -2.18. The Labute approximate surface area is 171 Å². The summed E-state index contributed by atoms with van der Waals surface area (Å²) in [6, 6.07) is 7.02. The summed E-state index contributed by atoms with van der Waals surface area (Å²) >= 11 is 0. The van der Waals surface area contributed by atoms with Crippen LogP contribution in [0.1, 0.15) is 34.3 Å². The van der Waals surface area contributed by atoms with Crippen LogP contribution in [0.5, 0.6) is 28.7 Å². The van der Waals surface area contributed by atoms with Crippen LogP contribution in [-0.2, 0) is 9.53 Å².